The van der Waals surface area contributed by atoms with Gasteiger partial charge in [0.25, 0.3) is 0 Å². The third kappa shape index (κ3) is 7.03. The first-order chi connectivity index (χ1) is 7.68. The molecule has 0 aliphatic carbocycles. The summed E-state index contributed by atoms with van der Waals surface area (Å²) in [4.78, 5) is 0. The van der Waals surface area contributed by atoms with Crippen molar-refractivity contribution in [2.45, 2.75) is 12.6 Å². The second-order valence-electron chi connectivity index (χ2n) is 3.36. The van der Waals surface area contributed by atoms with Crippen LogP contribution in [0.15, 0.2) is 24.3 Å². The Hall–Kier alpha value is 0.301. The molecule has 0 saturated carbocycles. The van der Waals surface area contributed by atoms with Gasteiger partial charge in [-0.3, -0.25) is 0 Å². The molecule has 9 heteroatoms. The van der Waals surface area contributed by atoms with Crippen LogP contribution in [0.3, 0.4) is 0 Å². The normalized spacial score (nSPS) is 11.9. The van der Waals surface area contributed by atoms with Crippen molar-refractivity contribution in [3.8, 4) is 5.75 Å². The molecule has 1 aromatic rings. The molecule has 0 unspecified atom stereocenters. The molecular formula is C9H8BF6KO. The van der Waals surface area contributed by atoms with Crippen molar-refractivity contribution in [2.75, 3.05) is 6.61 Å². The Morgan fingerprint density at radius 3 is 2.22 bits per heavy atom. The van der Waals surface area contributed by atoms with E-state index in [0.717, 1.165) is 12.1 Å². The summed E-state index contributed by atoms with van der Waals surface area (Å²) in [5, 5.41) is 0. The maximum absolute atomic E-state index is 12.3. The first kappa shape index (κ1) is 18.3. The van der Waals surface area contributed by atoms with Gasteiger partial charge < -0.3 is 17.7 Å². The number of alkyl halides is 3. The number of rotatable bonds is 4. The summed E-state index contributed by atoms with van der Waals surface area (Å²) < 4.78 is 76.8. The van der Waals surface area contributed by atoms with Crippen molar-refractivity contribution in [3.05, 3.63) is 24.3 Å². The van der Waals surface area contributed by atoms with Crippen LogP contribution in [0.25, 0.3) is 0 Å². The van der Waals surface area contributed by atoms with E-state index in [1.54, 1.807) is 0 Å². The minimum absolute atomic E-state index is 0. The molecule has 0 bridgehead atoms. The van der Waals surface area contributed by atoms with E-state index in [0.29, 0.717) is 6.07 Å². The molecule has 0 amide bonds. The summed E-state index contributed by atoms with van der Waals surface area (Å²) in [5.41, 5.74) is -0.894. The molecular weight excluding hydrogens is 288 g/mol. The zero-order valence-electron chi connectivity index (χ0n) is 9.48. The predicted molar refractivity (Wildman–Crippen MR) is 51.3 cm³/mol. The first-order valence-corrected chi connectivity index (χ1v) is 4.68. The Bertz CT molecular complexity index is 378. The summed E-state index contributed by atoms with van der Waals surface area (Å²) in [7, 11) is 0. The molecule has 0 N–H and O–H groups in total. The summed E-state index contributed by atoms with van der Waals surface area (Å²) in [6.45, 7) is -5.87. The van der Waals surface area contributed by atoms with E-state index in [1.807, 2.05) is 0 Å². The van der Waals surface area contributed by atoms with Crippen LogP contribution >= 0.6 is 0 Å². The number of hydrogen-bond donors (Lipinski definition) is 0. The molecule has 18 heavy (non-hydrogen) atoms. The molecule has 0 radical (unpaired) electrons. The molecule has 0 saturated heterocycles. The first-order valence-electron chi connectivity index (χ1n) is 4.68. The van der Waals surface area contributed by atoms with Crippen molar-refractivity contribution < 1.29 is 82.2 Å². The van der Waals surface area contributed by atoms with Gasteiger partial charge in [-0.1, -0.05) is 12.1 Å². The molecule has 0 aromatic heterocycles. The van der Waals surface area contributed by atoms with Gasteiger partial charge in [0, 0.05) is 0 Å². The Balaban J connectivity index is 0.00000289. The molecule has 0 spiro atoms. The van der Waals surface area contributed by atoms with Crippen LogP contribution in [0.1, 0.15) is 6.42 Å². The maximum atomic E-state index is 12.3. The van der Waals surface area contributed by atoms with Gasteiger partial charge >= 0.3 is 64.5 Å². The number of benzene rings is 1. The quantitative estimate of drug-likeness (QED) is 0.565. The van der Waals surface area contributed by atoms with Crippen LogP contribution in [-0.2, 0) is 0 Å². The number of hydrogen-bond acceptors (Lipinski definition) is 1. The van der Waals surface area contributed by atoms with Crippen LogP contribution in [-0.4, -0.2) is 19.8 Å². The fourth-order valence-electron chi connectivity index (χ4n) is 1.09. The second-order valence-corrected chi connectivity index (χ2v) is 3.36. The molecule has 0 fully saturated rings. The minimum atomic E-state index is -5.17. The standard InChI is InChI=1S/C9H8BF6O.K/c11-9(12,13)4-5-17-8-3-1-2-7(6-8)10(14,15)16;/h1-3,6H,4-5H2;/q-1;+1. The van der Waals surface area contributed by atoms with Crippen molar-refractivity contribution >= 4 is 12.4 Å². The summed E-state index contributed by atoms with van der Waals surface area (Å²) in [6, 6.07) is 3.81. The van der Waals surface area contributed by atoms with Crippen molar-refractivity contribution in [3.63, 3.8) is 0 Å². The Morgan fingerprint density at radius 2 is 1.72 bits per heavy atom. The molecule has 1 aromatic carbocycles. The molecule has 0 aliphatic rings. The monoisotopic (exact) mass is 296 g/mol. The topological polar surface area (TPSA) is 9.23 Å². The van der Waals surface area contributed by atoms with E-state index in [-0.39, 0.29) is 57.1 Å². The Labute approximate surface area is 142 Å². The van der Waals surface area contributed by atoms with Gasteiger partial charge in [-0.2, -0.15) is 13.2 Å². The molecule has 0 aliphatic heterocycles. The van der Waals surface area contributed by atoms with Gasteiger partial charge in [0.2, 0.25) is 0 Å². The third-order valence-electron chi connectivity index (χ3n) is 1.89. The number of halogens is 6. The van der Waals surface area contributed by atoms with Crippen molar-refractivity contribution in [1.29, 1.82) is 0 Å². The third-order valence-corrected chi connectivity index (χ3v) is 1.89. The fraction of sp³-hybridized carbons (Fsp3) is 0.333. The van der Waals surface area contributed by atoms with E-state index < -0.39 is 31.6 Å². The molecule has 0 heterocycles. The Morgan fingerprint density at radius 1 is 1.11 bits per heavy atom. The summed E-state index contributed by atoms with van der Waals surface area (Å²) in [6.07, 6.45) is -5.58. The minimum Gasteiger partial charge on any atom is -0.493 e. The van der Waals surface area contributed by atoms with E-state index in [2.05, 4.69) is 4.74 Å². The van der Waals surface area contributed by atoms with Crippen LogP contribution in [0.2, 0.25) is 0 Å². The average molecular weight is 296 g/mol. The molecule has 0 atom stereocenters. The van der Waals surface area contributed by atoms with Gasteiger partial charge in [-0.05, 0) is 12.1 Å². The van der Waals surface area contributed by atoms with E-state index in [9.17, 15) is 26.1 Å². The molecule has 1 nitrogen and oxygen atoms in total. The maximum Gasteiger partial charge on any atom is 1.00 e. The van der Waals surface area contributed by atoms with Crippen LogP contribution < -0.4 is 61.6 Å². The fourth-order valence-corrected chi connectivity index (χ4v) is 1.09. The van der Waals surface area contributed by atoms with Gasteiger partial charge in [0.15, 0.2) is 0 Å². The van der Waals surface area contributed by atoms with Gasteiger partial charge in [-0.15, -0.1) is 5.46 Å². The van der Waals surface area contributed by atoms with E-state index in [4.69, 9.17) is 0 Å². The zero-order chi connectivity index (χ0) is 13.1. The van der Waals surface area contributed by atoms with Gasteiger partial charge in [0.1, 0.15) is 5.75 Å². The van der Waals surface area contributed by atoms with E-state index >= 15 is 0 Å². The predicted octanol–water partition coefficient (Wildman–Crippen LogP) is 0.0762. The summed E-state index contributed by atoms with van der Waals surface area (Å²) >= 11 is 0. The van der Waals surface area contributed by atoms with Crippen molar-refractivity contribution in [1.82, 2.24) is 0 Å². The van der Waals surface area contributed by atoms with Crippen molar-refractivity contribution in [2.24, 2.45) is 0 Å². The van der Waals surface area contributed by atoms with Crippen LogP contribution in [0.4, 0.5) is 26.1 Å². The SMILES string of the molecule is F[B-](F)(F)c1cccc(OCCC(F)(F)F)c1.[K+]. The average Bonchev–Trinajstić information content (AvgIpc) is 2.15. The number of ether oxygens (including phenoxy) is 1. The zero-order valence-corrected chi connectivity index (χ0v) is 12.6. The smallest absolute Gasteiger partial charge is 0.493 e. The largest absolute Gasteiger partial charge is 1.00 e. The van der Waals surface area contributed by atoms with Gasteiger partial charge in [0.05, 0.1) is 13.0 Å². The second kappa shape index (κ2) is 7.18. The van der Waals surface area contributed by atoms with Gasteiger partial charge in [-0.25, -0.2) is 0 Å². The van der Waals surface area contributed by atoms with Crippen LogP contribution in [0.5, 0.6) is 5.75 Å². The Kier molecular flexibility index (Phi) is 7.30. The molecule has 96 valence electrons. The van der Waals surface area contributed by atoms with Crippen LogP contribution in [0, 0.1) is 0 Å². The summed E-state index contributed by atoms with van der Waals surface area (Å²) in [5.74, 6) is -0.217. The molecule has 1 rings (SSSR count). The van der Waals surface area contributed by atoms with E-state index in [1.165, 1.54) is 6.07 Å².